The van der Waals surface area contributed by atoms with Crippen LogP contribution in [-0.4, -0.2) is 6.10 Å². The molecule has 104 valence electrons. The van der Waals surface area contributed by atoms with Gasteiger partial charge < -0.3 is 9.47 Å². The van der Waals surface area contributed by atoms with Crippen LogP contribution in [0, 0.1) is 11.6 Å². The molecule has 0 N–H and O–H groups in total. The number of hydrogen-bond acceptors (Lipinski definition) is 3. The van der Waals surface area contributed by atoms with Crippen LogP contribution < -0.4 is 9.47 Å². The predicted molar refractivity (Wildman–Crippen MR) is 72.8 cm³/mol. The fraction of sp³-hybridized carbons (Fsp3) is 0.200. The van der Waals surface area contributed by atoms with Gasteiger partial charge in [0.2, 0.25) is 0 Å². The molecule has 20 heavy (non-hydrogen) atoms. The van der Waals surface area contributed by atoms with Crippen LogP contribution >= 0.6 is 11.8 Å². The van der Waals surface area contributed by atoms with Crippen molar-refractivity contribution in [3.05, 3.63) is 42.0 Å². The standard InChI is InChI=1S/C15H12F2O2S/c1-8(2)18-9-3-4-14-12(5-9)19-13-6-10(16)11(17)7-15(13)20-14/h3-8H,1-2H3. The molecule has 0 fully saturated rings. The maximum Gasteiger partial charge on any atom is 0.162 e. The van der Waals surface area contributed by atoms with Crippen molar-refractivity contribution in [2.45, 2.75) is 29.7 Å². The third-order valence-corrected chi connectivity index (χ3v) is 3.81. The smallest absolute Gasteiger partial charge is 0.162 e. The summed E-state index contributed by atoms with van der Waals surface area (Å²) in [5.74, 6) is -0.189. The number of rotatable bonds is 2. The maximum atomic E-state index is 13.2. The Hall–Kier alpha value is -1.75. The minimum atomic E-state index is -0.914. The van der Waals surface area contributed by atoms with E-state index < -0.39 is 11.6 Å². The van der Waals surface area contributed by atoms with Gasteiger partial charge in [0, 0.05) is 12.1 Å². The van der Waals surface area contributed by atoms with Gasteiger partial charge in [0.15, 0.2) is 11.6 Å². The quantitative estimate of drug-likeness (QED) is 0.662. The Bertz CT molecular complexity index is 671. The molecule has 0 saturated heterocycles. The Morgan fingerprint density at radius 1 is 1.00 bits per heavy atom. The van der Waals surface area contributed by atoms with E-state index in [4.69, 9.17) is 9.47 Å². The molecule has 5 heteroatoms. The monoisotopic (exact) mass is 294 g/mol. The molecule has 0 spiro atoms. The van der Waals surface area contributed by atoms with Crippen molar-refractivity contribution in [3.8, 4) is 17.2 Å². The molecule has 0 unspecified atom stereocenters. The Kier molecular flexibility index (Phi) is 3.30. The zero-order valence-electron chi connectivity index (χ0n) is 10.9. The molecule has 2 nitrogen and oxygen atoms in total. The average molecular weight is 294 g/mol. The summed E-state index contributed by atoms with van der Waals surface area (Å²) in [6.45, 7) is 3.87. The lowest BCUT2D eigenvalue weighted by Gasteiger charge is -2.20. The Balaban J connectivity index is 1.96. The molecule has 0 saturated carbocycles. The minimum Gasteiger partial charge on any atom is -0.491 e. The maximum absolute atomic E-state index is 13.2. The van der Waals surface area contributed by atoms with E-state index in [0.29, 0.717) is 22.1 Å². The van der Waals surface area contributed by atoms with E-state index in [1.165, 1.54) is 11.8 Å². The molecule has 0 aromatic heterocycles. The highest BCUT2D eigenvalue weighted by Gasteiger charge is 2.21. The summed E-state index contributed by atoms with van der Waals surface area (Å²) >= 11 is 1.35. The van der Waals surface area contributed by atoms with Gasteiger partial charge >= 0.3 is 0 Å². The van der Waals surface area contributed by atoms with E-state index >= 15 is 0 Å². The van der Waals surface area contributed by atoms with Crippen LogP contribution in [0.2, 0.25) is 0 Å². The second-order valence-corrected chi connectivity index (χ2v) is 5.78. The Morgan fingerprint density at radius 3 is 2.45 bits per heavy atom. The molecule has 0 radical (unpaired) electrons. The lowest BCUT2D eigenvalue weighted by Crippen LogP contribution is -2.06. The zero-order valence-corrected chi connectivity index (χ0v) is 11.8. The first-order valence-corrected chi connectivity index (χ1v) is 7.00. The lowest BCUT2D eigenvalue weighted by molar-refractivity contribution is 0.241. The zero-order chi connectivity index (χ0) is 14.3. The van der Waals surface area contributed by atoms with Crippen molar-refractivity contribution >= 4 is 11.8 Å². The molecule has 0 atom stereocenters. The van der Waals surface area contributed by atoms with E-state index in [1.54, 1.807) is 6.07 Å². The number of benzene rings is 2. The van der Waals surface area contributed by atoms with Gasteiger partial charge in [-0.15, -0.1) is 0 Å². The van der Waals surface area contributed by atoms with Gasteiger partial charge in [-0.1, -0.05) is 11.8 Å². The first kappa shape index (κ1) is 13.2. The Labute approximate surface area is 119 Å². The van der Waals surface area contributed by atoms with Gasteiger partial charge in [0.05, 0.1) is 15.9 Å². The topological polar surface area (TPSA) is 18.5 Å². The van der Waals surface area contributed by atoms with Gasteiger partial charge in [-0.2, -0.15) is 0 Å². The van der Waals surface area contributed by atoms with Crippen molar-refractivity contribution < 1.29 is 18.3 Å². The second kappa shape index (κ2) is 4.98. The summed E-state index contributed by atoms with van der Waals surface area (Å²) in [5.41, 5.74) is 0. The SMILES string of the molecule is CC(C)Oc1ccc2c(c1)Oc1cc(F)c(F)cc1S2. The molecule has 2 aromatic rings. The van der Waals surface area contributed by atoms with Crippen LogP contribution in [0.5, 0.6) is 17.2 Å². The lowest BCUT2D eigenvalue weighted by atomic mass is 10.3. The third-order valence-electron chi connectivity index (χ3n) is 2.71. The second-order valence-electron chi connectivity index (χ2n) is 4.69. The van der Waals surface area contributed by atoms with Crippen LogP contribution in [0.25, 0.3) is 0 Å². The van der Waals surface area contributed by atoms with E-state index in [-0.39, 0.29) is 6.10 Å². The van der Waals surface area contributed by atoms with Gasteiger partial charge in [-0.05, 0) is 32.0 Å². The Morgan fingerprint density at radius 2 is 1.70 bits per heavy atom. The summed E-state index contributed by atoms with van der Waals surface area (Å²) < 4.78 is 37.7. The van der Waals surface area contributed by atoms with Gasteiger partial charge in [0.1, 0.15) is 17.2 Å². The summed E-state index contributed by atoms with van der Waals surface area (Å²) in [4.78, 5) is 1.41. The summed E-state index contributed by atoms with van der Waals surface area (Å²) in [6.07, 6.45) is 0.0584. The summed E-state index contributed by atoms with van der Waals surface area (Å²) in [6, 6.07) is 7.65. The highest BCUT2D eigenvalue weighted by atomic mass is 32.2. The third kappa shape index (κ3) is 2.45. The van der Waals surface area contributed by atoms with Crippen molar-refractivity contribution in [2.75, 3.05) is 0 Å². The first-order chi connectivity index (χ1) is 9.52. The fourth-order valence-corrected chi connectivity index (χ4v) is 2.84. The van der Waals surface area contributed by atoms with Crippen LogP contribution in [0.1, 0.15) is 13.8 Å². The van der Waals surface area contributed by atoms with Crippen LogP contribution in [0.15, 0.2) is 40.1 Å². The highest BCUT2D eigenvalue weighted by Crippen LogP contribution is 2.48. The first-order valence-electron chi connectivity index (χ1n) is 6.18. The van der Waals surface area contributed by atoms with E-state index in [1.807, 2.05) is 26.0 Å². The van der Waals surface area contributed by atoms with E-state index in [0.717, 1.165) is 17.0 Å². The molecule has 3 rings (SSSR count). The van der Waals surface area contributed by atoms with E-state index in [9.17, 15) is 8.78 Å². The molecule has 1 aliphatic rings. The molecule has 0 aliphatic carbocycles. The number of fused-ring (bicyclic) bond motifs is 2. The van der Waals surface area contributed by atoms with Crippen molar-refractivity contribution in [1.82, 2.24) is 0 Å². The number of halogens is 2. The molecule has 0 amide bonds. The molecule has 0 bridgehead atoms. The van der Waals surface area contributed by atoms with Crippen molar-refractivity contribution in [3.63, 3.8) is 0 Å². The summed E-state index contributed by atoms with van der Waals surface area (Å²) in [5, 5.41) is 0. The van der Waals surface area contributed by atoms with E-state index in [2.05, 4.69) is 0 Å². The van der Waals surface area contributed by atoms with Crippen LogP contribution in [-0.2, 0) is 0 Å². The van der Waals surface area contributed by atoms with Crippen molar-refractivity contribution in [1.29, 1.82) is 0 Å². The molecule has 2 aromatic carbocycles. The van der Waals surface area contributed by atoms with Gasteiger partial charge in [-0.3, -0.25) is 0 Å². The van der Waals surface area contributed by atoms with Crippen molar-refractivity contribution in [2.24, 2.45) is 0 Å². The summed E-state index contributed by atoms with van der Waals surface area (Å²) in [7, 11) is 0. The number of ether oxygens (including phenoxy) is 2. The van der Waals surface area contributed by atoms with Gasteiger partial charge in [-0.25, -0.2) is 8.78 Å². The highest BCUT2D eigenvalue weighted by molar-refractivity contribution is 7.99. The molecule has 1 aliphatic heterocycles. The van der Waals surface area contributed by atoms with Gasteiger partial charge in [0.25, 0.3) is 0 Å². The van der Waals surface area contributed by atoms with Crippen LogP contribution in [0.4, 0.5) is 8.78 Å². The average Bonchev–Trinajstić information content (AvgIpc) is 2.37. The minimum absolute atomic E-state index is 0.0584. The molecule has 1 heterocycles. The number of hydrogen-bond donors (Lipinski definition) is 0. The fourth-order valence-electron chi connectivity index (χ4n) is 1.90. The molecular formula is C15H12F2O2S. The van der Waals surface area contributed by atoms with Crippen LogP contribution in [0.3, 0.4) is 0 Å². The predicted octanol–water partition coefficient (Wildman–Crippen LogP) is 5.01. The normalized spacial score (nSPS) is 12.7. The molecular weight excluding hydrogens is 282 g/mol. The largest absolute Gasteiger partial charge is 0.491 e.